The van der Waals surface area contributed by atoms with E-state index in [2.05, 4.69) is 17.3 Å². The summed E-state index contributed by atoms with van der Waals surface area (Å²) in [6, 6.07) is 1.92. The second-order valence-electron chi connectivity index (χ2n) is 4.69. The van der Waals surface area contributed by atoms with Gasteiger partial charge in [-0.1, -0.05) is 6.58 Å². The largest absolute Gasteiger partial charge is 0.477 e. The Bertz CT molecular complexity index is 550. The molecule has 0 unspecified atom stereocenters. The van der Waals surface area contributed by atoms with Gasteiger partial charge in [-0.25, -0.2) is 4.79 Å². The van der Waals surface area contributed by atoms with Gasteiger partial charge in [0, 0.05) is 13.1 Å². The highest BCUT2D eigenvalue weighted by Crippen LogP contribution is 2.28. The van der Waals surface area contributed by atoms with Crippen LogP contribution in [0.4, 0.5) is 0 Å². The quantitative estimate of drug-likeness (QED) is 0.427. The normalized spacial score (nSPS) is 19.6. The summed E-state index contributed by atoms with van der Waals surface area (Å²) in [5, 5.41) is 21.5. The molecule has 0 bridgehead atoms. The molecule has 2 aliphatic heterocycles. The molecule has 0 aromatic carbocycles. The van der Waals surface area contributed by atoms with E-state index < -0.39 is 5.97 Å². The molecular formula is C13H17N5O2. The number of nitrogens with two attached hydrogens (primary N) is 1. The molecule has 7 nitrogen and oxygen atoms in total. The van der Waals surface area contributed by atoms with Crippen LogP contribution in [-0.4, -0.2) is 29.1 Å². The summed E-state index contributed by atoms with van der Waals surface area (Å²) in [6.45, 7) is 5.30. The number of hydrogen-bond donors (Lipinski definition) is 4. The van der Waals surface area contributed by atoms with Crippen molar-refractivity contribution >= 4 is 5.97 Å². The van der Waals surface area contributed by atoms with E-state index in [0.717, 1.165) is 32.4 Å². The molecule has 0 aromatic rings. The van der Waals surface area contributed by atoms with E-state index in [-0.39, 0.29) is 16.8 Å². The van der Waals surface area contributed by atoms with Crippen LogP contribution >= 0.6 is 0 Å². The standard InChI is InChI=1S/C13H17N5O2/c1-8-9(7-14)11(17-15)10(13(19)20)12(16-8)18-5-3-2-4-6-18/h16-17H,1-6,15H2,(H,19,20). The van der Waals surface area contributed by atoms with Crippen molar-refractivity contribution in [2.45, 2.75) is 19.3 Å². The number of carboxylic acid groups (broad SMARTS) is 1. The van der Waals surface area contributed by atoms with E-state index in [1.54, 1.807) is 0 Å². The molecule has 0 saturated carbocycles. The first-order valence-corrected chi connectivity index (χ1v) is 6.40. The first-order chi connectivity index (χ1) is 9.60. The van der Waals surface area contributed by atoms with E-state index in [9.17, 15) is 9.90 Å². The van der Waals surface area contributed by atoms with Gasteiger partial charge in [-0.2, -0.15) is 5.26 Å². The third-order valence-electron chi connectivity index (χ3n) is 3.45. The van der Waals surface area contributed by atoms with Gasteiger partial charge in [-0.15, -0.1) is 0 Å². The van der Waals surface area contributed by atoms with Gasteiger partial charge in [0.25, 0.3) is 0 Å². The number of aliphatic carboxylic acids is 1. The van der Waals surface area contributed by atoms with Crippen LogP contribution in [0.5, 0.6) is 0 Å². The van der Waals surface area contributed by atoms with Crippen LogP contribution in [0.15, 0.2) is 34.9 Å². The Hall–Kier alpha value is -2.46. The summed E-state index contributed by atoms with van der Waals surface area (Å²) in [6.07, 6.45) is 3.14. The summed E-state index contributed by atoms with van der Waals surface area (Å²) >= 11 is 0. The Balaban J connectivity index is 2.54. The van der Waals surface area contributed by atoms with Crippen LogP contribution in [0, 0.1) is 11.3 Å². The van der Waals surface area contributed by atoms with Crippen LogP contribution in [0.25, 0.3) is 0 Å². The van der Waals surface area contributed by atoms with Crippen molar-refractivity contribution in [3.05, 3.63) is 34.9 Å². The van der Waals surface area contributed by atoms with Gasteiger partial charge in [0.1, 0.15) is 23.0 Å². The van der Waals surface area contributed by atoms with Crippen LogP contribution < -0.4 is 16.6 Å². The Morgan fingerprint density at radius 1 is 1.45 bits per heavy atom. The first-order valence-electron chi connectivity index (χ1n) is 6.40. The van der Waals surface area contributed by atoms with E-state index >= 15 is 0 Å². The Morgan fingerprint density at radius 3 is 2.60 bits per heavy atom. The lowest BCUT2D eigenvalue weighted by atomic mass is 10.00. The summed E-state index contributed by atoms with van der Waals surface area (Å²) in [4.78, 5) is 13.5. The molecule has 0 spiro atoms. The topological polar surface area (TPSA) is 114 Å². The highest BCUT2D eigenvalue weighted by Gasteiger charge is 2.31. The lowest BCUT2D eigenvalue weighted by molar-refractivity contribution is -0.132. The predicted molar refractivity (Wildman–Crippen MR) is 72.3 cm³/mol. The Labute approximate surface area is 117 Å². The Kier molecular flexibility index (Phi) is 3.96. The van der Waals surface area contributed by atoms with E-state index in [1.165, 1.54) is 0 Å². The fraction of sp³-hybridized carbons (Fsp3) is 0.385. The maximum atomic E-state index is 11.6. The van der Waals surface area contributed by atoms with Gasteiger partial charge in [-0.05, 0) is 19.3 Å². The second kappa shape index (κ2) is 5.67. The van der Waals surface area contributed by atoms with Gasteiger partial charge in [-0.3, -0.25) is 5.84 Å². The summed E-state index contributed by atoms with van der Waals surface area (Å²) in [5.74, 6) is 4.73. The van der Waals surface area contributed by atoms with E-state index in [0.29, 0.717) is 11.5 Å². The number of carbonyl (C=O) groups is 1. The molecule has 2 rings (SSSR count). The molecule has 20 heavy (non-hydrogen) atoms. The lowest BCUT2D eigenvalue weighted by Gasteiger charge is -2.35. The van der Waals surface area contributed by atoms with Crippen molar-refractivity contribution in [3.63, 3.8) is 0 Å². The van der Waals surface area contributed by atoms with Crippen molar-refractivity contribution in [1.29, 1.82) is 5.26 Å². The molecule has 2 heterocycles. The average molecular weight is 275 g/mol. The molecule has 2 aliphatic rings. The molecule has 0 amide bonds. The molecule has 0 atom stereocenters. The molecule has 1 saturated heterocycles. The van der Waals surface area contributed by atoms with E-state index in [4.69, 9.17) is 11.1 Å². The number of allylic oxidation sites excluding steroid dienone is 1. The van der Waals surface area contributed by atoms with Crippen molar-refractivity contribution < 1.29 is 9.90 Å². The van der Waals surface area contributed by atoms with Gasteiger partial charge in [0.05, 0.1) is 11.4 Å². The number of piperidine rings is 1. The first kappa shape index (κ1) is 14.0. The van der Waals surface area contributed by atoms with Crippen molar-refractivity contribution in [1.82, 2.24) is 15.6 Å². The fourth-order valence-electron chi connectivity index (χ4n) is 2.49. The number of hydrazine groups is 1. The zero-order valence-electron chi connectivity index (χ0n) is 11.1. The zero-order chi connectivity index (χ0) is 14.7. The third kappa shape index (κ3) is 2.33. The summed E-state index contributed by atoms with van der Waals surface area (Å²) in [7, 11) is 0. The minimum Gasteiger partial charge on any atom is -0.477 e. The number of likely N-dealkylation sites (tertiary alicyclic amines) is 1. The maximum Gasteiger partial charge on any atom is 0.341 e. The van der Waals surface area contributed by atoms with Gasteiger partial charge in [0.15, 0.2) is 0 Å². The molecule has 0 aliphatic carbocycles. The van der Waals surface area contributed by atoms with Crippen molar-refractivity contribution in [3.8, 4) is 6.07 Å². The van der Waals surface area contributed by atoms with Crippen molar-refractivity contribution in [2.75, 3.05) is 13.1 Å². The number of nitriles is 1. The van der Waals surface area contributed by atoms with Crippen molar-refractivity contribution in [2.24, 2.45) is 5.84 Å². The minimum absolute atomic E-state index is 0.0154. The molecule has 1 fully saturated rings. The SMILES string of the molecule is C=C1NC(N2CCCCC2)=C(C(=O)O)C(NN)=C1C#N. The molecular weight excluding hydrogens is 258 g/mol. The van der Waals surface area contributed by atoms with Crippen LogP contribution in [0.1, 0.15) is 19.3 Å². The van der Waals surface area contributed by atoms with Gasteiger partial charge >= 0.3 is 5.97 Å². The van der Waals surface area contributed by atoms with Crippen LogP contribution in [0.2, 0.25) is 0 Å². The Morgan fingerprint density at radius 2 is 2.10 bits per heavy atom. The molecule has 7 heteroatoms. The second-order valence-corrected chi connectivity index (χ2v) is 4.69. The molecule has 0 radical (unpaired) electrons. The van der Waals surface area contributed by atoms with E-state index in [1.807, 2.05) is 11.0 Å². The lowest BCUT2D eigenvalue weighted by Crippen LogP contribution is -2.42. The van der Waals surface area contributed by atoms with Gasteiger partial charge in [0.2, 0.25) is 0 Å². The zero-order valence-corrected chi connectivity index (χ0v) is 11.1. The smallest absolute Gasteiger partial charge is 0.341 e. The number of carboxylic acids is 1. The highest BCUT2D eigenvalue weighted by molar-refractivity contribution is 5.94. The van der Waals surface area contributed by atoms with Crippen LogP contribution in [0.3, 0.4) is 0 Å². The monoisotopic (exact) mass is 275 g/mol. The predicted octanol–water partition coefficient (Wildman–Crippen LogP) is 0.126. The third-order valence-corrected chi connectivity index (χ3v) is 3.45. The number of rotatable bonds is 3. The average Bonchev–Trinajstić information content (AvgIpc) is 2.46. The van der Waals surface area contributed by atoms with Gasteiger partial charge < -0.3 is 20.7 Å². The van der Waals surface area contributed by atoms with Crippen LogP contribution in [-0.2, 0) is 4.79 Å². The molecule has 0 aromatic heterocycles. The molecule has 5 N–H and O–H groups in total. The fourth-order valence-corrected chi connectivity index (χ4v) is 2.49. The summed E-state index contributed by atoms with van der Waals surface area (Å²) in [5.41, 5.74) is 2.88. The number of dihydropyridines is 1. The maximum absolute atomic E-state index is 11.6. The number of hydrogen-bond acceptors (Lipinski definition) is 6. The number of nitrogens with one attached hydrogen (secondary N) is 2. The molecule has 106 valence electrons. The number of nitrogens with zero attached hydrogens (tertiary/aromatic N) is 2. The minimum atomic E-state index is -1.13. The summed E-state index contributed by atoms with van der Waals surface area (Å²) < 4.78 is 0. The highest BCUT2D eigenvalue weighted by atomic mass is 16.4.